The van der Waals surface area contributed by atoms with Gasteiger partial charge in [0.25, 0.3) is 0 Å². The Bertz CT molecular complexity index is 1450. The third-order valence-corrected chi connectivity index (χ3v) is 6.60. The number of nitrogens with zero attached hydrogens (tertiary/aromatic N) is 5. The zero-order valence-corrected chi connectivity index (χ0v) is 20.2. The molecule has 0 aliphatic carbocycles. The van der Waals surface area contributed by atoms with Crippen LogP contribution in [0.4, 0.5) is 21.0 Å². The van der Waals surface area contributed by atoms with E-state index in [1.54, 1.807) is 24.3 Å². The van der Waals surface area contributed by atoms with Gasteiger partial charge in [-0.1, -0.05) is 11.8 Å². The fraction of sp³-hybridized carbons (Fsp3) is 0.125. The first-order valence-electron chi connectivity index (χ1n) is 10.5. The third kappa shape index (κ3) is 5.70. The quantitative estimate of drug-likeness (QED) is 0.270. The van der Waals surface area contributed by atoms with Crippen LogP contribution >= 0.6 is 23.1 Å². The summed E-state index contributed by atoms with van der Waals surface area (Å²) in [4.78, 5) is 13.0. The summed E-state index contributed by atoms with van der Waals surface area (Å²) in [6.45, 7) is -0.0508. The molecule has 0 radical (unpaired) electrons. The van der Waals surface area contributed by atoms with Gasteiger partial charge in [0.15, 0.2) is 5.13 Å². The lowest BCUT2D eigenvalue weighted by atomic mass is 9.98. The number of aromatic nitrogens is 3. The van der Waals surface area contributed by atoms with Crippen molar-refractivity contribution >= 4 is 39.7 Å². The lowest BCUT2D eigenvalue weighted by Crippen LogP contribution is -2.05. The Balaban J connectivity index is 1.57. The van der Waals surface area contributed by atoms with Crippen LogP contribution in [0.15, 0.2) is 53.0 Å². The summed E-state index contributed by atoms with van der Waals surface area (Å²) in [5.74, 6) is 0.391. The predicted octanol–water partition coefficient (Wildman–Crippen LogP) is 4.47. The van der Waals surface area contributed by atoms with Crippen LogP contribution in [0.1, 0.15) is 16.8 Å². The highest BCUT2D eigenvalue weighted by Crippen LogP contribution is 2.37. The van der Waals surface area contributed by atoms with Gasteiger partial charge in [-0.3, -0.25) is 0 Å². The molecule has 4 aromatic rings. The number of aliphatic hydroxyl groups is 1. The first-order valence-corrected chi connectivity index (χ1v) is 12.3. The molecule has 4 N–H and O–H groups in total. The van der Waals surface area contributed by atoms with Crippen LogP contribution in [0.25, 0.3) is 11.1 Å². The fourth-order valence-electron chi connectivity index (χ4n) is 3.18. The largest absolute Gasteiger partial charge is 0.475 e. The summed E-state index contributed by atoms with van der Waals surface area (Å²) < 4.78 is 18.4. The normalized spacial score (nSPS) is 10.4. The average Bonchev–Trinajstić information content (AvgIpc) is 3.34. The Labute approximate surface area is 214 Å². The number of halogens is 1. The summed E-state index contributed by atoms with van der Waals surface area (Å²) in [6.07, 6.45) is 1.48. The Morgan fingerprint density at radius 1 is 1.11 bits per heavy atom. The smallest absolute Gasteiger partial charge is 0.213 e. The molecule has 36 heavy (non-hydrogen) atoms. The molecule has 0 bridgehead atoms. The van der Waals surface area contributed by atoms with Crippen LogP contribution in [-0.4, -0.2) is 33.3 Å². The van der Waals surface area contributed by atoms with E-state index in [1.165, 1.54) is 41.4 Å². The average molecular weight is 520 g/mol. The van der Waals surface area contributed by atoms with Crippen molar-refractivity contribution in [3.63, 3.8) is 0 Å². The molecular weight excluding hydrogens is 501 g/mol. The maximum Gasteiger partial charge on any atom is 0.213 e. The number of ether oxygens (including phenoxy) is 1. The van der Waals surface area contributed by atoms with Crippen molar-refractivity contribution < 1.29 is 14.2 Å². The number of aliphatic hydroxyl groups excluding tert-OH is 1. The molecule has 180 valence electrons. The van der Waals surface area contributed by atoms with Crippen molar-refractivity contribution in [2.45, 2.75) is 10.8 Å². The number of hydrogen-bond donors (Lipinski definition) is 3. The van der Waals surface area contributed by atoms with E-state index in [-0.39, 0.29) is 36.0 Å². The van der Waals surface area contributed by atoms with E-state index in [0.29, 0.717) is 38.6 Å². The molecule has 0 aliphatic heterocycles. The number of thiazole rings is 1. The SMILES string of the molecule is N#Cc1c(N)nc(SCc2csc(Nc3ccc(F)cc3)n2)c(C#N)c1-c1ccc(OCCO)nc1. The van der Waals surface area contributed by atoms with Crippen molar-refractivity contribution in [2.75, 3.05) is 24.3 Å². The summed E-state index contributed by atoms with van der Waals surface area (Å²) in [7, 11) is 0. The summed E-state index contributed by atoms with van der Waals surface area (Å²) in [5.41, 5.74) is 8.68. The second-order valence-corrected chi connectivity index (χ2v) is 8.99. The first kappa shape index (κ1) is 24.9. The molecule has 3 aromatic heterocycles. The summed E-state index contributed by atoms with van der Waals surface area (Å²) in [6, 6.07) is 13.4. The monoisotopic (exact) mass is 519 g/mol. The minimum atomic E-state index is -0.319. The zero-order valence-electron chi connectivity index (χ0n) is 18.6. The number of anilines is 3. The maximum atomic E-state index is 13.1. The standard InChI is InChI=1S/C24H18FN7O2S2/c25-15-2-4-16(5-3-15)30-24-31-17(13-36-24)12-35-23-19(10-27)21(18(9-26)22(28)32-23)14-1-6-20(29-11-14)34-8-7-33/h1-6,11,13,33H,7-8,12H2,(H2,28,32)(H,30,31). The van der Waals surface area contributed by atoms with Crippen molar-refractivity contribution in [3.8, 4) is 29.1 Å². The molecule has 0 amide bonds. The Hall–Kier alpha value is -4.23. The van der Waals surface area contributed by atoms with Gasteiger partial charge in [-0.15, -0.1) is 11.3 Å². The molecule has 0 unspecified atom stereocenters. The summed E-state index contributed by atoms with van der Waals surface area (Å²) >= 11 is 2.67. The molecule has 0 fully saturated rings. The second-order valence-electron chi connectivity index (χ2n) is 7.17. The second kappa shape index (κ2) is 11.5. The van der Waals surface area contributed by atoms with Crippen molar-refractivity contribution in [1.29, 1.82) is 10.5 Å². The predicted molar refractivity (Wildman–Crippen MR) is 135 cm³/mol. The van der Waals surface area contributed by atoms with Crippen LogP contribution in [0, 0.1) is 28.5 Å². The highest BCUT2D eigenvalue weighted by molar-refractivity contribution is 7.98. The van der Waals surface area contributed by atoms with E-state index in [9.17, 15) is 14.9 Å². The molecule has 4 rings (SSSR count). The van der Waals surface area contributed by atoms with Gasteiger partial charge >= 0.3 is 0 Å². The van der Waals surface area contributed by atoms with Gasteiger partial charge in [0.2, 0.25) is 5.88 Å². The number of nitrogens with one attached hydrogen (secondary N) is 1. The lowest BCUT2D eigenvalue weighted by molar-refractivity contribution is 0.196. The van der Waals surface area contributed by atoms with Gasteiger partial charge < -0.3 is 20.9 Å². The number of rotatable bonds is 9. The van der Waals surface area contributed by atoms with E-state index in [4.69, 9.17) is 15.6 Å². The molecule has 0 spiro atoms. The van der Waals surface area contributed by atoms with Crippen molar-refractivity contribution in [1.82, 2.24) is 15.0 Å². The Morgan fingerprint density at radius 2 is 1.89 bits per heavy atom. The summed E-state index contributed by atoms with van der Waals surface area (Å²) in [5, 5.41) is 34.5. The van der Waals surface area contributed by atoms with E-state index in [1.807, 2.05) is 11.4 Å². The lowest BCUT2D eigenvalue weighted by Gasteiger charge is -2.13. The van der Waals surface area contributed by atoms with E-state index in [2.05, 4.69) is 26.3 Å². The van der Waals surface area contributed by atoms with Crippen LogP contribution in [0.3, 0.4) is 0 Å². The van der Waals surface area contributed by atoms with Crippen molar-refractivity contribution in [3.05, 3.63) is 70.6 Å². The Kier molecular flexibility index (Phi) is 7.92. The highest BCUT2D eigenvalue weighted by atomic mass is 32.2. The fourth-order valence-corrected chi connectivity index (χ4v) is 4.91. The number of hydrogen-bond acceptors (Lipinski definition) is 11. The Morgan fingerprint density at radius 3 is 2.56 bits per heavy atom. The van der Waals surface area contributed by atoms with Gasteiger partial charge in [0.1, 0.15) is 41.0 Å². The van der Waals surface area contributed by atoms with Gasteiger partial charge in [0.05, 0.1) is 17.9 Å². The van der Waals surface area contributed by atoms with E-state index in [0.717, 1.165) is 5.69 Å². The molecule has 9 nitrogen and oxygen atoms in total. The topological polar surface area (TPSA) is 154 Å². The molecule has 12 heteroatoms. The number of pyridine rings is 2. The van der Waals surface area contributed by atoms with Crippen LogP contribution in [-0.2, 0) is 5.75 Å². The minimum absolute atomic E-state index is 0.00607. The van der Waals surface area contributed by atoms with E-state index < -0.39 is 0 Å². The molecule has 3 heterocycles. The molecule has 0 aliphatic rings. The molecule has 0 saturated heterocycles. The number of nitriles is 2. The van der Waals surface area contributed by atoms with Gasteiger partial charge in [-0.05, 0) is 30.3 Å². The van der Waals surface area contributed by atoms with Gasteiger partial charge in [-0.25, -0.2) is 19.3 Å². The maximum absolute atomic E-state index is 13.1. The number of nitrogen functional groups attached to an aromatic ring is 1. The number of benzene rings is 1. The highest BCUT2D eigenvalue weighted by Gasteiger charge is 2.21. The van der Waals surface area contributed by atoms with Crippen molar-refractivity contribution in [2.24, 2.45) is 0 Å². The molecule has 1 aromatic carbocycles. The number of thioether (sulfide) groups is 1. The van der Waals surface area contributed by atoms with Gasteiger partial charge in [0, 0.05) is 40.2 Å². The molecule has 0 atom stereocenters. The van der Waals surface area contributed by atoms with Crippen LogP contribution < -0.4 is 15.8 Å². The molecular formula is C24H18FN7O2S2. The first-order chi connectivity index (χ1) is 17.5. The minimum Gasteiger partial charge on any atom is -0.475 e. The van der Waals surface area contributed by atoms with Gasteiger partial charge in [-0.2, -0.15) is 10.5 Å². The van der Waals surface area contributed by atoms with E-state index >= 15 is 0 Å². The number of nitrogens with two attached hydrogens (primary N) is 1. The third-order valence-electron chi connectivity index (χ3n) is 4.79. The molecule has 0 saturated carbocycles. The van der Waals surface area contributed by atoms with Crippen LogP contribution in [0.2, 0.25) is 0 Å². The zero-order chi connectivity index (χ0) is 25.5. The van der Waals surface area contributed by atoms with Crippen LogP contribution in [0.5, 0.6) is 5.88 Å².